The Morgan fingerprint density at radius 3 is 2.31 bits per heavy atom. The third-order valence-corrected chi connectivity index (χ3v) is 6.06. The average Bonchev–Trinajstić information content (AvgIpc) is 2.87. The molecule has 0 aliphatic heterocycles. The molecule has 0 fully saturated rings. The van der Waals surface area contributed by atoms with E-state index in [9.17, 15) is 0 Å². The Bertz CT molecular complexity index is 1320. The minimum Gasteiger partial charge on any atom is -0.497 e. The summed E-state index contributed by atoms with van der Waals surface area (Å²) in [6.07, 6.45) is 1.27. The molecule has 1 aromatic heterocycles. The fraction of sp³-hybridized carbons (Fsp3) is 0.148. The molecule has 4 aromatic rings. The summed E-state index contributed by atoms with van der Waals surface area (Å²) in [4.78, 5) is 9.31. The van der Waals surface area contributed by atoms with Crippen molar-refractivity contribution in [2.75, 3.05) is 24.3 Å². The van der Waals surface area contributed by atoms with Gasteiger partial charge in [-0.05, 0) is 66.1 Å². The molecule has 6 nitrogen and oxygen atoms in total. The van der Waals surface area contributed by atoms with Crippen molar-refractivity contribution in [3.05, 3.63) is 105 Å². The van der Waals surface area contributed by atoms with E-state index in [-0.39, 0.29) is 0 Å². The molecule has 0 saturated heterocycles. The fourth-order valence-corrected chi connectivity index (χ4v) is 4.03. The smallest absolute Gasteiger partial charge is 0.229 e. The third-order valence-electron chi connectivity index (χ3n) is 5.35. The van der Waals surface area contributed by atoms with E-state index < -0.39 is 0 Å². The van der Waals surface area contributed by atoms with Crippen LogP contribution in [0.25, 0.3) is 0 Å². The number of nitriles is 1. The Hall–Kier alpha value is -3.79. The zero-order valence-electron chi connectivity index (χ0n) is 19.1. The molecule has 0 aliphatic carbocycles. The van der Waals surface area contributed by atoms with Crippen LogP contribution < -0.4 is 15.4 Å². The number of aromatic nitrogens is 2. The van der Waals surface area contributed by atoms with Gasteiger partial charge in [0.05, 0.1) is 24.4 Å². The summed E-state index contributed by atoms with van der Waals surface area (Å²) in [5, 5.41) is 16.8. The van der Waals surface area contributed by atoms with Crippen molar-refractivity contribution in [2.24, 2.45) is 0 Å². The third kappa shape index (κ3) is 6.63. The van der Waals surface area contributed by atoms with Gasteiger partial charge >= 0.3 is 0 Å². The molecule has 8 heteroatoms. The van der Waals surface area contributed by atoms with E-state index in [0.29, 0.717) is 40.3 Å². The lowest BCUT2D eigenvalue weighted by Gasteiger charge is -2.13. The van der Waals surface area contributed by atoms with Crippen LogP contribution in [0.15, 0.2) is 72.8 Å². The quantitative estimate of drug-likeness (QED) is 0.266. The van der Waals surface area contributed by atoms with Gasteiger partial charge in [0.25, 0.3) is 0 Å². The molecule has 4 rings (SSSR count). The van der Waals surface area contributed by atoms with Gasteiger partial charge in [-0.25, -0.2) is 4.98 Å². The number of hydrogen-bond acceptors (Lipinski definition) is 6. The summed E-state index contributed by atoms with van der Waals surface area (Å²) < 4.78 is 5.22. The molecule has 0 unspecified atom stereocenters. The highest BCUT2D eigenvalue weighted by Crippen LogP contribution is 2.27. The van der Waals surface area contributed by atoms with E-state index in [1.165, 1.54) is 5.56 Å². The van der Waals surface area contributed by atoms with E-state index in [1.807, 2.05) is 60.7 Å². The predicted octanol–water partition coefficient (Wildman–Crippen LogP) is 6.65. The molecule has 1 heterocycles. The highest BCUT2D eigenvalue weighted by Gasteiger charge is 2.11. The lowest BCUT2D eigenvalue weighted by Crippen LogP contribution is -2.10. The van der Waals surface area contributed by atoms with E-state index >= 15 is 0 Å². The van der Waals surface area contributed by atoms with Gasteiger partial charge in [-0.3, -0.25) is 0 Å². The average molecular weight is 504 g/mol. The second-order valence-electron chi connectivity index (χ2n) is 7.78. The van der Waals surface area contributed by atoms with Crippen LogP contribution in [-0.4, -0.2) is 23.6 Å². The standard InChI is InChI=1S/C27H23Cl2N5O/c1-35-22-11-7-18(8-12-22)13-14-31-26-16-21(15-23-24(28)3-2-4-25(23)29)33-27(34-26)32-20-9-5-19(17-30)6-10-20/h2-12,16H,13-15H2,1H3,(H2,31,32,33,34). The van der Waals surface area contributed by atoms with Crippen LogP contribution in [0.4, 0.5) is 17.5 Å². The molecular weight excluding hydrogens is 481 g/mol. The summed E-state index contributed by atoms with van der Waals surface area (Å²) >= 11 is 12.8. The minimum absolute atomic E-state index is 0.433. The molecule has 176 valence electrons. The van der Waals surface area contributed by atoms with Crippen LogP contribution >= 0.6 is 23.2 Å². The zero-order valence-corrected chi connectivity index (χ0v) is 20.6. The Morgan fingerprint density at radius 2 is 1.66 bits per heavy atom. The van der Waals surface area contributed by atoms with Gasteiger partial charge in [0, 0.05) is 34.8 Å². The van der Waals surface area contributed by atoms with Gasteiger partial charge in [0.15, 0.2) is 0 Å². The summed E-state index contributed by atoms with van der Waals surface area (Å²) in [5.41, 5.74) is 4.12. The highest BCUT2D eigenvalue weighted by molar-refractivity contribution is 6.36. The molecule has 2 N–H and O–H groups in total. The van der Waals surface area contributed by atoms with Crippen LogP contribution in [0.2, 0.25) is 10.0 Å². The maximum atomic E-state index is 9.04. The number of halogens is 2. The first-order valence-corrected chi connectivity index (χ1v) is 11.7. The number of ether oxygens (including phenoxy) is 1. The first-order chi connectivity index (χ1) is 17.0. The SMILES string of the molecule is COc1ccc(CCNc2cc(Cc3c(Cl)cccc3Cl)nc(Nc3ccc(C#N)cc3)n2)cc1. The Kier molecular flexibility index (Phi) is 8.04. The lowest BCUT2D eigenvalue weighted by atomic mass is 10.1. The van der Waals surface area contributed by atoms with Crippen molar-refractivity contribution >= 4 is 40.7 Å². The first-order valence-electron chi connectivity index (χ1n) is 11.0. The van der Waals surface area contributed by atoms with Crippen molar-refractivity contribution in [3.8, 4) is 11.8 Å². The van der Waals surface area contributed by atoms with Crippen LogP contribution in [0.5, 0.6) is 5.75 Å². The van der Waals surface area contributed by atoms with E-state index in [4.69, 9.17) is 33.2 Å². The minimum atomic E-state index is 0.433. The predicted molar refractivity (Wildman–Crippen MR) is 141 cm³/mol. The number of benzene rings is 3. The van der Waals surface area contributed by atoms with Gasteiger partial charge in [-0.1, -0.05) is 41.4 Å². The van der Waals surface area contributed by atoms with Gasteiger partial charge in [-0.2, -0.15) is 10.2 Å². The topological polar surface area (TPSA) is 82.9 Å². The largest absolute Gasteiger partial charge is 0.497 e. The Labute approximate surface area is 214 Å². The fourth-order valence-electron chi connectivity index (χ4n) is 3.50. The van der Waals surface area contributed by atoms with Gasteiger partial charge < -0.3 is 15.4 Å². The van der Waals surface area contributed by atoms with Crippen LogP contribution in [-0.2, 0) is 12.8 Å². The molecule has 0 bridgehead atoms. The molecule has 35 heavy (non-hydrogen) atoms. The van der Waals surface area contributed by atoms with Crippen molar-refractivity contribution in [2.45, 2.75) is 12.8 Å². The van der Waals surface area contributed by atoms with Gasteiger partial charge in [0.1, 0.15) is 11.6 Å². The molecule has 0 aliphatic rings. The molecular formula is C27H23Cl2N5O. The van der Waals surface area contributed by atoms with Gasteiger partial charge in [-0.15, -0.1) is 0 Å². The number of nitrogens with zero attached hydrogens (tertiary/aromatic N) is 3. The van der Waals surface area contributed by atoms with Gasteiger partial charge in [0.2, 0.25) is 5.95 Å². The maximum absolute atomic E-state index is 9.04. The number of anilines is 3. The summed E-state index contributed by atoms with van der Waals surface area (Å²) in [7, 11) is 1.66. The maximum Gasteiger partial charge on any atom is 0.229 e. The van der Waals surface area contributed by atoms with Crippen molar-refractivity contribution in [3.63, 3.8) is 0 Å². The monoisotopic (exact) mass is 503 g/mol. The molecule has 0 radical (unpaired) electrons. The second kappa shape index (κ2) is 11.6. The normalized spacial score (nSPS) is 10.5. The second-order valence-corrected chi connectivity index (χ2v) is 8.60. The van der Waals surface area contributed by atoms with E-state index in [0.717, 1.165) is 29.1 Å². The summed E-state index contributed by atoms with van der Waals surface area (Å²) in [6, 6.07) is 24.6. The lowest BCUT2D eigenvalue weighted by molar-refractivity contribution is 0.414. The summed E-state index contributed by atoms with van der Waals surface area (Å²) in [6.45, 7) is 0.686. The number of methoxy groups -OCH3 is 1. The molecule has 3 aromatic carbocycles. The highest BCUT2D eigenvalue weighted by atomic mass is 35.5. The number of hydrogen-bond donors (Lipinski definition) is 2. The van der Waals surface area contributed by atoms with Crippen LogP contribution in [0, 0.1) is 11.3 Å². The Balaban J connectivity index is 1.55. The van der Waals surface area contributed by atoms with E-state index in [2.05, 4.69) is 26.7 Å². The molecule has 0 atom stereocenters. The van der Waals surface area contributed by atoms with Crippen molar-refractivity contribution < 1.29 is 4.74 Å². The van der Waals surface area contributed by atoms with Crippen molar-refractivity contribution in [1.29, 1.82) is 5.26 Å². The molecule has 0 saturated carbocycles. The van der Waals surface area contributed by atoms with Crippen LogP contribution in [0.3, 0.4) is 0 Å². The Morgan fingerprint density at radius 1 is 0.943 bits per heavy atom. The first kappa shape index (κ1) is 24.3. The molecule has 0 spiro atoms. The van der Waals surface area contributed by atoms with Crippen LogP contribution in [0.1, 0.15) is 22.4 Å². The van der Waals surface area contributed by atoms with E-state index in [1.54, 1.807) is 19.2 Å². The summed E-state index contributed by atoms with van der Waals surface area (Å²) in [5.74, 6) is 1.95. The zero-order chi connectivity index (χ0) is 24.6. The van der Waals surface area contributed by atoms with Crippen molar-refractivity contribution in [1.82, 2.24) is 9.97 Å². The number of rotatable bonds is 9. The number of nitrogens with one attached hydrogen (secondary N) is 2. The molecule has 0 amide bonds.